The zero-order chi connectivity index (χ0) is 17.4. The molecule has 1 amide bonds. The zero-order valence-corrected chi connectivity index (χ0v) is 14.7. The van der Waals surface area contributed by atoms with Gasteiger partial charge in [-0.1, -0.05) is 6.92 Å². The summed E-state index contributed by atoms with van der Waals surface area (Å²) in [4.78, 5) is 37.2. The third-order valence-corrected chi connectivity index (χ3v) is 5.60. The Morgan fingerprint density at radius 3 is 2.92 bits per heavy atom. The van der Waals surface area contributed by atoms with Gasteiger partial charge in [-0.3, -0.25) is 14.2 Å². The third-order valence-electron chi connectivity index (χ3n) is 4.51. The van der Waals surface area contributed by atoms with Crippen molar-refractivity contribution in [2.75, 3.05) is 26.3 Å². The lowest BCUT2D eigenvalue weighted by Crippen LogP contribution is -2.45. The Labute approximate surface area is 147 Å². The Morgan fingerprint density at radius 1 is 1.36 bits per heavy atom. The van der Waals surface area contributed by atoms with Crippen LogP contribution in [0.25, 0.3) is 20.4 Å². The number of rotatable bonds is 3. The number of aromatic nitrogens is 3. The van der Waals surface area contributed by atoms with E-state index in [1.54, 1.807) is 11.1 Å². The molecule has 8 heteroatoms. The Balaban J connectivity index is 1.79. The number of ether oxygens (including phenoxy) is 1. The van der Waals surface area contributed by atoms with Gasteiger partial charge < -0.3 is 9.64 Å². The van der Waals surface area contributed by atoms with Gasteiger partial charge in [0.1, 0.15) is 15.6 Å². The number of carbonyl (C=O) groups is 1. The van der Waals surface area contributed by atoms with Crippen LogP contribution in [0.1, 0.15) is 19.4 Å². The molecule has 130 valence electrons. The number of pyridine rings is 1. The van der Waals surface area contributed by atoms with Gasteiger partial charge in [-0.05, 0) is 18.6 Å². The molecule has 1 aliphatic rings. The predicted octanol–water partition coefficient (Wildman–Crippen LogP) is 1.82. The second kappa shape index (κ2) is 6.53. The van der Waals surface area contributed by atoms with E-state index in [1.165, 1.54) is 22.2 Å². The summed E-state index contributed by atoms with van der Waals surface area (Å²) in [6.07, 6.45) is 3.73. The first-order valence-electron chi connectivity index (χ1n) is 8.31. The van der Waals surface area contributed by atoms with Gasteiger partial charge in [0.2, 0.25) is 5.91 Å². The van der Waals surface area contributed by atoms with Crippen LogP contribution in [-0.4, -0.2) is 51.6 Å². The van der Waals surface area contributed by atoms with Gasteiger partial charge in [-0.15, -0.1) is 11.3 Å². The largest absolute Gasteiger partial charge is 0.378 e. The average molecular weight is 358 g/mol. The van der Waals surface area contributed by atoms with E-state index in [1.807, 2.05) is 19.1 Å². The maximum atomic E-state index is 13.0. The topological polar surface area (TPSA) is 77.3 Å². The Kier molecular flexibility index (Phi) is 4.22. The van der Waals surface area contributed by atoms with Crippen molar-refractivity contribution in [1.82, 2.24) is 19.4 Å². The first-order chi connectivity index (χ1) is 12.2. The van der Waals surface area contributed by atoms with Crippen molar-refractivity contribution in [1.29, 1.82) is 0 Å². The first-order valence-corrected chi connectivity index (χ1v) is 9.13. The molecule has 0 spiro atoms. The van der Waals surface area contributed by atoms with Gasteiger partial charge in [0.15, 0.2) is 0 Å². The van der Waals surface area contributed by atoms with E-state index in [0.717, 1.165) is 10.2 Å². The summed E-state index contributed by atoms with van der Waals surface area (Å²) < 4.78 is 7.32. The van der Waals surface area contributed by atoms with Gasteiger partial charge in [0.25, 0.3) is 5.56 Å². The normalized spacial score (nSPS) is 16.4. The molecule has 25 heavy (non-hydrogen) atoms. The van der Waals surface area contributed by atoms with E-state index >= 15 is 0 Å². The second-order valence-electron chi connectivity index (χ2n) is 5.95. The van der Waals surface area contributed by atoms with Gasteiger partial charge in [0.05, 0.1) is 25.1 Å². The lowest BCUT2D eigenvalue weighted by atomic mass is 10.1. The van der Waals surface area contributed by atoms with E-state index < -0.39 is 6.04 Å². The molecule has 0 unspecified atom stereocenters. The number of morpholine rings is 1. The minimum absolute atomic E-state index is 0.0479. The fraction of sp³-hybridized carbons (Fsp3) is 0.412. The van der Waals surface area contributed by atoms with Crippen LogP contribution in [0, 0.1) is 0 Å². The summed E-state index contributed by atoms with van der Waals surface area (Å²) in [5, 5.41) is 0.874. The highest BCUT2D eigenvalue weighted by Crippen LogP contribution is 2.28. The van der Waals surface area contributed by atoms with Crippen LogP contribution in [-0.2, 0) is 9.53 Å². The summed E-state index contributed by atoms with van der Waals surface area (Å²) in [7, 11) is 0. The molecule has 4 rings (SSSR count). The van der Waals surface area contributed by atoms with Crippen molar-refractivity contribution in [2.45, 2.75) is 19.4 Å². The van der Waals surface area contributed by atoms with Crippen molar-refractivity contribution in [3.05, 3.63) is 35.0 Å². The van der Waals surface area contributed by atoms with Crippen LogP contribution in [0.5, 0.6) is 0 Å². The van der Waals surface area contributed by atoms with Gasteiger partial charge in [0, 0.05) is 24.7 Å². The van der Waals surface area contributed by atoms with E-state index in [4.69, 9.17) is 4.74 Å². The lowest BCUT2D eigenvalue weighted by molar-refractivity contribution is -0.139. The highest BCUT2D eigenvalue weighted by Gasteiger charge is 2.27. The van der Waals surface area contributed by atoms with Gasteiger partial charge in [-0.25, -0.2) is 9.97 Å². The highest BCUT2D eigenvalue weighted by molar-refractivity contribution is 7.25. The summed E-state index contributed by atoms with van der Waals surface area (Å²) >= 11 is 1.33. The van der Waals surface area contributed by atoms with Crippen molar-refractivity contribution in [2.24, 2.45) is 0 Å². The molecular weight excluding hydrogens is 340 g/mol. The molecule has 4 heterocycles. The molecule has 3 aromatic heterocycles. The average Bonchev–Trinajstić information content (AvgIpc) is 3.04. The van der Waals surface area contributed by atoms with E-state index in [9.17, 15) is 9.59 Å². The minimum atomic E-state index is -0.541. The molecule has 1 fully saturated rings. The lowest BCUT2D eigenvalue weighted by Gasteiger charge is -2.30. The SMILES string of the molecule is CC[C@H](C(=O)N1CCOCC1)n1cnc2c(sc3ncccc32)c1=O. The monoisotopic (exact) mass is 358 g/mol. The Bertz CT molecular complexity index is 990. The molecule has 0 bridgehead atoms. The van der Waals surface area contributed by atoms with Crippen molar-refractivity contribution in [3.63, 3.8) is 0 Å². The number of nitrogens with zero attached hydrogens (tertiary/aromatic N) is 4. The summed E-state index contributed by atoms with van der Waals surface area (Å²) in [5.41, 5.74) is 0.476. The summed E-state index contributed by atoms with van der Waals surface area (Å²) in [6, 6.07) is 3.20. The standard InChI is InChI=1S/C17H18N4O3S/c1-2-12(16(22)20-6-8-24-9-7-20)21-10-19-13-11-4-3-5-18-15(11)25-14(13)17(21)23/h3-5,10,12H,2,6-9H2,1H3/t12-/m1/s1. The number of fused-ring (bicyclic) bond motifs is 3. The second-order valence-corrected chi connectivity index (χ2v) is 6.95. The van der Waals surface area contributed by atoms with Crippen LogP contribution in [0.2, 0.25) is 0 Å². The number of thiophene rings is 1. The van der Waals surface area contributed by atoms with Gasteiger partial charge >= 0.3 is 0 Å². The quantitative estimate of drug-likeness (QED) is 0.714. The van der Waals surface area contributed by atoms with Crippen molar-refractivity contribution >= 4 is 37.7 Å². The smallest absolute Gasteiger partial charge is 0.272 e. The van der Waals surface area contributed by atoms with Crippen LogP contribution in [0.3, 0.4) is 0 Å². The number of hydrogen-bond acceptors (Lipinski definition) is 6. The molecule has 1 saturated heterocycles. The molecule has 0 aliphatic carbocycles. The summed E-state index contributed by atoms with van der Waals surface area (Å²) in [5.74, 6) is -0.0479. The molecule has 1 aliphatic heterocycles. The van der Waals surface area contributed by atoms with Crippen LogP contribution < -0.4 is 5.56 Å². The predicted molar refractivity (Wildman–Crippen MR) is 95.9 cm³/mol. The van der Waals surface area contributed by atoms with E-state index in [2.05, 4.69) is 9.97 Å². The first kappa shape index (κ1) is 16.2. The number of amides is 1. The molecule has 0 N–H and O–H groups in total. The van der Waals surface area contributed by atoms with E-state index in [-0.39, 0.29) is 11.5 Å². The molecule has 0 aromatic carbocycles. The van der Waals surface area contributed by atoms with E-state index in [0.29, 0.717) is 42.9 Å². The van der Waals surface area contributed by atoms with Crippen LogP contribution >= 0.6 is 11.3 Å². The molecule has 1 atom stereocenters. The van der Waals surface area contributed by atoms with Crippen LogP contribution in [0.4, 0.5) is 0 Å². The fourth-order valence-corrected chi connectivity index (χ4v) is 4.22. The molecule has 3 aromatic rings. The fourth-order valence-electron chi connectivity index (χ4n) is 3.19. The molecule has 7 nitrogen and oxygen atoms in total. The maximum absolute atomic E-state index is 13.0. The van der Waals surface area contributed by atoms with Gasteiger partial charge in [-0.2, -0.15) is 0 Å². The maximum Gasteiger partial charge on any atom is 0.272 e. The van der Waals surface area contributed by atoms with Crippen molar-refractivity contribution in [3.8, 4) is 0 Å². The summed E-state index contributed by atoms with van der Waals surface area (Å²) in [6.45, 7) is 4.11. The molecule has 0 radical (unpaired) electrons. The number of hydrogen-bond donors (Lipinski definition) is 0. The Hall–Kier alpha value is -2.32. The van der Waals surface area contributed by atoms with Crippen LogP contribution in [0.15, 0.2) is 29.5 Å². The minimum Gasteiger partial charge on any atom is -0.378 e. The molecular formula is C17H18N4O3S. The third kappa shape index (κ3) is 2.71. The number of carbonyl (C=O) groups excluding carboxylic acids is 1. The highest BCUT2D eigenvalue weighted by atomic mass is 32.1. The zero-order valence-electron chi connectivity index (χ0n) is 13.8. The molecule has 0 saturated carbocycles. The Morgan fingerprint density at radius 2 is 2.16 bits per heavy atom. The van der Waals surface area contributed by atoms with Crippen molar-refractivity contribution < 1.29 is 9.53 Å².